The Morgan fingerprint density at radius 3 is 2.29 bits per heavy atom. The minimum Gasteiger partial charge on any atom is -0.314 e. The fourth-order valence-electron chi connectivity index (χ4n) is 2.77. The first-order valence-corrected chi connectivity index (χ1v) is 6.42. The minimum absolute atomic E-state index is 0.644. The fourth-order valence-corrected chi connectivity index (χ4v) is 2.77. The SMILES string of the molecule is CCCC1(CNC(C)C)CCCCC1. The molecule has 0 bridgehead atoms. The van der Waals surface area contributed by atoms with Crippen molar-refractivity contribution >= 4 is 0 Å². The largest absolute Gasteiger partial charge is 0.314 e. The number of nitrogens with one attached hydrogen (secondary N) is 1. The third-order valence-electron chi connectivity index (χ3n) is 3.58. The van der Waals surface area contributed by atoms with Crippen molar-refractivity contribution in [3.05, 3.63) is 0 Å². The molecule has 1 N–H and O–H groups in total. The maximum Gasteiger partial charge on any atom is 0.00106 e. The van der Waals surface area contributed by atoms with Crippen molar-refractivity contribution in [2.75, 3.05) is 6.54 Å². The first-order valence-electron chi connectivity index (χ1n) is 6.42. The Labute approximate surface area is 89.7 Å². The van der Waals surface area contributed by atoms with Crippen molar-refractivity contribution in [3.63, 3.8) is 0 Å². The molecule has 0 spiro atoms. The Bertz CT molecular complexity index is 140. The van der Waals surface area contributed by atoms with Gasteiger partial charge in [-0.2, -0.15) is 0 Å². The first-order chi connectivity index (χ1) is 6.68. The third-order valence-corrected chi connectivity index (χ3v) is 3.58. The standard InChI is InChI=1S/C13H27N/c1-4-8-13(11-14-12(2)3)9-6-5-7-10-13/h12,14H,4-11H2,1-3H3. The molecule has 0 heterocycles. The highest BCUT2D eigenvalue weighted by atomic mass is 14.9. The van der Waals surface area contributed by atoms with Gasteiger partial charge in [-0.3, -0.25) is 0 Å². The molecule has 1 heteroatoms. The predicted octanol–water partition coefficient (Wildman–Crippen LogP) is 3.74. The molecule has 1 fully saturated rings. The van der Waals surface area contributed by atoms with Crippen molar-refractivity contribution in [1.29, 1.82) is 0 Å². The van der Waals surface area contributed by atoms with Crippen molar-refractivity contribution < 1.29 is 0 Å². The van der Waals surface area contributed by atoms with Gasteiger partial charge in [-0.25, -0.2) is 0 Å². The van der Waals surface area contributed by atoms with Gasteiger partial charge in [0.2, 0.25) is 0 Å². The van der Waals surface area contributed by atoms with E-state index in [4.69, 9.17) is 0 Å². The molecule has 0 aromatic rings. The molecule has 84 valence electrons. The highest BCUT2D eigenvalue weighted by Crippen LogP contribution is 2.39. The Hall–Kier alpha value is -0.0400. The zero-order valence-corrected chi connectivity index (χ0v) is 10.2. The average molecular weight is 197 g/mol. The summed E-state index contributed by atoms with van der Waals surface area (Å²) in [5.74, 6) is 0. The van der Waals surface area contributed by atoms with Gasteiger partial charge in [0.25, 0.3) is 0 Å². The summed E-state index contributed by atoms with van der Waals surface area (Å²) in [7, 11) is 0. The molecule has 0 radical (unpaired) electrons. The van der Waals surface area contributed by atoms with E-state index in [1.165, 1.54) is 51.5 Å². The lowest BCUT2D eigenvalue weighted by molar-refractivity contribution is 0.161. The molecule has 0 saturated heterocycles. The molecule has 1 aliphatic carbocycles. The third kappa shape index (κ3) is 3.61. The second-order valence-electron chi connectivity index (χ2n) is 5.35. The Kier molecular flexibility index (Phi) is 4.94. The van der Waals surface area contributed by atoms with Crippen LogP contribution in [0.5, 0.6) is 0 Å². The van der Waals surface area contributed by atoms with Crippen LogP contribution >= 0.6 is 0 Å². The summed E-state index contributed by atoms with van der Waals surface area (Å²) < 4.78 is 0. The second kappa shape index (κ2) is 5.75. The highest BCUT2D eigenvalue weighted by Gasteiger charge is 2.30. The molecular formula is C13H27N. The summed E-state index contributed by atoms with van der Waals surface area (Å²) in [6.45, 7) is 8.08. The van der Waals surface area contributed by atoms with Gasteiger partial charge in [0.1, 0.15) is 0 Å². The topological polar surface area (TPSA) is 12.0 Å². The van der Waals surface area contributed by atoms with Gasteiger partial charge in [0.15, 0.2) is 0 Å². The quantitative estimate of drug-likeness (QED) is 0.708. The van der Waals surface area contributed by atoms with E-state index in [1.807, 2.05) is 0 Å². The Morgan fingerprint density at radius 2 is 1.79 bits per heavy atom. The molecule has 0 aliphatic heterocycles. The van der Waals surface area contributed by atoms with Gasteiger partial charge in [0.05, 0.1) is 0 Å². The summed E-state index contributed by atoms with van der Waals surface area (Å²) in [5.41, 5.74) is 0.650. The van der Waals surface area contributed by atoms with E-state index in [1.54, 1.807) is 0 Å². The molecule has 0 amide bonds. The molecule has 1 nitrogen and oxygen atoms in total. The van der Waals surface area contributed by atoms with Crippen LogP contribution in [0.2, 0.25) is 0 Å². The molecule has 0 aromatic carbocycles. The van der Waals surface area contributed by atoms with Crippen LogP contribution in [0.1, 0.15) is 65.7 Å². The van der Waals surface area contributed by atoms with Crippen molar-refractivity contribution in [1.82, 2.24) is 5.32 Å². The maximum atomic E-state index is 3.64. The van der Waals surface area contributed by atoms with Crippen molar-refractivity contribution in [2.45, 2.75) is 71.8 Å². The van der Waals surface area contributed by atoms with E-state index in [2.05, 4.69) is 26.1 Å². The van der Waals surface area contributed by atoms with Gasteiger partial charge in [-0.15, -0.1) is 0 Å². The van der Waals surface area contributed by atoms with E-state index >= 15 is 0 Å². The summed E-state index contributed by atoms with van der Waals surface area (Å²) >= 11 is 0. The summed E-state index contributed by atoms with van der Waals surface area (Å²) in [5, 5.41) is 3.64. The minimum atomic E-state index is 0.644. The van der Waals surface area contributed by atoms with Crippen molar-refractivity contribution in [3.8, 4) is 0 Å². The van der Waals surface area contributed by atoms with Crippen molar-refractivity contribution in [2.24, 2.45) is 5.41 Å². The predicted molar refractivity (Wildman–Crippen MR) is 63.6 cm³/mol. The molecule has 0 aromatic heterocycles. The van der Waals surface area contributed by atoms with Crippen LogP contribution in [0.25, 0.3) is 0 Å². The second-order valence-corrected chi connectivity index (χ2v) is 5.35. The van der Waals surface area contributed by atoms with E-state index in [9.17, 15) is 0 Å². The molecular weight excluding hydrogens is 170 g/mol. The van der Waals surface area contributed by atoms with Crippen LogP contribution in [0, 0.1) is 5.41 Å². The highest BCUT2D eigenvalue weighted by molar-refractivity contribution is 4.84. The van der Waals surface area contributed by atoms with Crippen LogP contribution in [0.15, 0.2) is 0 Å². The summed E-state index contributed by atoms with van der Waals surface area (Å²) in [6.07, 6.45) is 10.1. The smallest absolute Gasteiger partial charge is 0.00106 e. The normalized spacial score (nSPS) is 21.4. The monoisotopic (exact) mass is 197 g/mol. The van der Waals surface area contributed by atoms with Gasteiger partial charge in [-0.05, 0) is 24.7 Å². The number of hydrogen-bond donors (Lipinski definition) is 1. The maximum absolute atomic E-state index is 3.64. The molecule has 1 rings (SSSR count). The van der Waals surface area contributed by atoms with E-state index in [0.717, 1.165) is 0 Å². The van der Waals surface area contributed by atoms with Crippen LogP contribution in [-0.2, 0) is 0 Å². The van der Waals surface area contributed by atoms with Crippen LogP contribution in [-0.4, -0.2) is 12.6 Å². The molecule has 0 unspecified atom stereocenters. The molecule has 1 aliphatic rings. The Morgan fingerprint density at radius 1 is 1.14 bits per heavy atom. The van der Waals surface area contributed by atoms with Crippen LogP contribution < -0.4 is 5.32 Å². The zero-order valence-electron chi connectivity index (χ0n) is 10.2. The lowest BCUT2D eigenvalue weighted by Crippen LogP contribution is -2.38. The van der Waals surface area contributed by atoms with Gasteiger partial charge < -0.3 is 5.32 Å². The van der Waals surface area contributed by atoms with E-state index < -0.39 is 0 Å². The first kappa shape index (κ1) is 12.0. The summed E-state index contributed by atoms with van der Waals surface area (Å²) in [4.78, 5) is 0. The average Bonchev–Trinajstić information content (AvgIpc) is 2.17. The van der Waals surface area contributed by atoms with Crippen LogP contribution in [0.4, 0.5) is 0 Å². The molecule has 0 atom stereocenters. The molecule has 1 saturated carbocycles. The molecule has 14 heavy (non-hydrogen) atoms. The lowest BCUT2D eigenvalue weighted by atomic mass is 9.71. The summed E-state index contributed by atoms with van der Waals surface area (Å²) in [6, 6.07) is 0.644. The van der Waals surface area contributed by atoms with Crippen LogP contribution in [0.3, 0.4) is 0 Å². The lowest BCUT2D eigenvalue weighted by Gasteiger charge is -2.38. The zero-order chi connectivity index (χ0) is 10.4. The fraction of sp³-hybridized carbons (Fsp3) is 1.00. The number of hydrogen-bond acceptors (Lipinski definition) is 1. The van der Waals surface area contributed by atoms with Gasteiger partial charge >= 0.3 is 0 Å². The Balaban J connectivity index is 2.42. The van der Waals surface area contributed by atoms with Gasteiger partial charge in [-0.1, -0.05) is 46.5 Å². The van der Waals surface area contributed by atoms with E-state index in [-0.39, 0.29) is 0 Å². The van der Waals surface area contributed by atoms with Gasteiger partial charge in [0, 0.05) is 12.6 Å². The number of rotatable bonds is 5. The van der Waals surface area contributed by atoms with E-state index in [0.29, 0.717) is 11.5 Å².